The van der Waals surface area contributed by atoms with Crippen molar-refractivity contribution >= 4 is 19.4 Å². The number of aliphatic hydroxyl groups excluding tert-OH is 1. The number of hydrogen-bond donors (Lipinski definition) is 2. The SMILES string of the molecule is C=CCCCCCn1c(=C)ccc1=C.CC1CCCC(O)C1.CC=O.CCc1cc(CCCCNC)ccc1CC(C)(C)C. The van der Waals surface area contributed by atoms with Crippen LogP contribution in [0.3, 0.4) is 0 Å². The molecular formula is C40H68N2O2. The molecule has 2 atom stereocenters. The molecule has 0 spiro atoms. The molecule has 1 fully saturated rings. The topological polar surface area (TPSA) is 54.3 Å². The maximum absolute atomic E-state index is 9.08. The molecule has 1 heterocycles. The predicted molar refractivity (Wildman–Crippen MR) is 195 cm³/mol. The van der Waals surface area contributed by atoms with Gasteiger partial charge in [-0.1, -0.05) is 91.3 Å². The van der Waals surface area contributed by atoms with Crippen LogP contribution in [0.1, 0.15) is 122 Å². The van der Waals surface area contributed by atoms with Gasteiger partial charge in [0.2, 0.25) is 0 Å². The van der Waals surface area contributed by atoms with Gasteiger partial charge in [-0.15, -0.1) is 6.58 Å². The summed E-state index contributed by atoms with van der Waals surface area (Å²) < 4.78 is 2.17. The van der Waals surface area contributed by atoms with Crippen molar-refractivity contribution in [2.45, 2.75) is 138 Å². The number of aldehydes is 1. The van der Waals surface area contributed by atoms with Crippen LogP contribution in [0.15, 0.2) is 43.0 Å². The Kier molecular flexibility index (Phi) is 23.5. The van der Waals surface area contributed by atoms with Gasteiger partial charge >= 0.3 is 0 Å². The Labute approximate surface area is 271 Å². The Bertz CT molecular complexity index is 1080. The Morgan fingerprint density at radius 2 is 1.66 bits per heavy atom. The minimum atomic E-state index is 0.0127. The van der Waals surface area contributed by atoms with Crippen LogP contribution in [-0.4, -0.2) is 35.7 Å². The molecule has 0 amide bonds. The number of aryl methyl sites for hydroxylation is 2. The average Bonchev–Trinajstić information content (AvgIpc) is 3.28. The van der Waals surface area contributed by atoms with Gasteiger partial charge in [0.25, 0.3) is 0 Å². The molecule has 2 N–H and O–H groups in total. The molecular weight excluding hydrogens is 540 g/mol. The van der Waals surface area contributed by atoms with Crippen molar-refractivity contribution in [2.24, 2.45) is 11.3 Å². The molecule has 1 aliphatic carbocycles. The van der Waals surface area contributed by atoms with E-state index in [1.807, 2.05) is 25.3 Å². The molecule has 2 aromatic rings. The van der Waals surface area contributed by atoms with E-state index in [4.69, 9.17) is 9.90 Å². The van der Waals surface area contributed by atoms with Crippen LogP contribution in [0.2, 0.25) is 0 Å². The lowest BCUT2D eigenvalue weighted by molar-refractivity contribution is -0.106. The average molecular weight is 609 g/mol. The molecule has 1 aliphatic rings. The van der Waals surface area contributed by atoms with Gasteiger partial charge in [-0.25, -0.2) is 0 Å². The number of allylic oxidation sites excluding steroid dienone is 1. The van der Waals surface area contributed by atoms with Crippen LogP contribution in [0.25, 0.3) is 13.2 Å². The van der Waals surface area contributed by atoms with E-state index in [9.17, 15) is 0 Å². The molecule has 3 rings (SSSR count). The van der Waals surface area contributed by atoms with E-state index >= 15 is 0 Å². The summed E-state index contributed by atoms with van der Waals surface area (Å²) in [5.41, 5.74) is 4.96. The number of benzene rings is 1. The number of nitrogens with zero attached hydrogens (tertiary/aromatic N) is 1. The standard InChI is InChI=1S/C18H31N.C13H19N.C7H14O.C2H4O/c1-6-16-13-15(9-7-8-12-19-5)10-11-17(16)14-18(2,3)4;1-4-5-6-7-8-11-14-12(2)9-10-13(14)3;1-6-3-2-4-7(8)5-6;1-2-3/h10-11,13,19H,6-9,12,14H2,1-5H3;4,9-10H,1-3,5-8,11H2;6-8H,2-5H2,1H3;2H,1H3. The quantitative estimate of drug-likeness (QED) is 0.137. The summed E-state index contributed by atoms with van der Waals surface area (Å²) in [4.78, 5) is 8.81. The Balaban J connectivity index is 0.000000644. The first-order valence-corrected chi connectivity index (χ1v) is 17.2. The molecule has 44 heavy (non-hydrogen) atoms. The molecule has 0 aliphatic heterocycles. The van der Waals surface area contributed by atoms with E-state index in [-0.39, 0.29) is 6.10 Å². The highest BCUT2D eigenvalue weighted by atomic mass is 16.3. The summed E-state index contributed by atoms with van der Waals surface area (Å²) in [6.45, 7) is 26.7. The maximum atomic E-state index is 9.08. The molecule has 4 nitrogen and oxygen atoms in total. The van der Waals surface area contributed by atoms with Crippen LogP contribution in [0, 0.1) is 11.3 Å². The number of aliphatic hydroxyl groups is 1. The molecule has 0 bridgehead atoms. The van der Waals surface area contributed by atoms with Gasteiger partial charge in [0.15, 0.2) is 0 Å². The minimum absolute atomic E-state index is 0.0127. The number of carbonyl (C=O) groups is 1. The zero-order chi connectivity index (χ0) is 33.4. The summed E-state index contributed by atoms with van der Waals surface area (Å²) in [7, 11) is 2.02. The zero-order valence-electron chi connectivity index (χ0n) is 29.7. The second kappa shape index (κ2) is 24.8. The van der Waals surface area contributed by atoms with E-state index in [0.29, 0.717) is 5.41 Å². The fourth-order valence-electron chi connectivity index (χ4n) is 5.52. The van der Waals surface area contributed by atoms with Crippen molar-refractivity contribution < 1.29 is 9.90 Å². The van der Waals surface area contributed by atoms with E-state index in [2.05, 4.69) is 82.4 Å². The van der Waals surface area contributed by atoms with Crippen molar-refractivity contribution in [1.82, 2.24) is 9.88 Å². The molecule has 2 unspecified atom stereocenters. The molecule has 4 heteroatoms. The number of carbonyl (C=O) groups excluding carboxylic acids is 1. The first kappa shape index (κ1) is 41.6. The molecule has 0 radical (unpaired) electrons. The van der Waals surface area contributed by atoms with Crippen molar-refractivity contribution in [3.8, 4) is 0 Å². The zero-order valence-corrected chi connectivity index (χ0v) is 29.7. The monoisotopic (exact) mass is 609 g/mol. The summed E-state index contributed by atoms with van der Waals surface area (Å²) in [5.74, 6) is 0.763. The lowest BCUT2D eigenvalue weighted by atomic mass is 9.85. The van der Waals surface area contributed by atoms with E-state index in [1.165, 1.54) is 75.8 Å². The summed E-state index contributed by atoms with van der Waals surface area (Å²) in [5, 5.41) is 14.4. The molecule has 0 saturated heterocycles. The van der Waals surface area contributed by atoms with Crippen LogP contribution >= 0.6 is 0 Å². The highest BCUT2D eigenvalue weighted by molar-refractivity contribution is 5.44. The van der Waals surface area contributed by atoms with Crippen molar-refractivity contribution in [3.05, 3.63) is 70.4 Å². The lowest BCUT2D eigenvalue weighted by Gasteiger charge is -2.21. The lowest BCUT2D eigenvalue weighted by Crippen LogP contribution is -2.24. The predicted octanol–water partition coefficient (Wildman–Crippen LogP) is 8.20. The van der Waals surface area contributed by atoms with Gasteiger partial charge in [-0.05, 0) is 125 Å². The fourth-order valence-corrected chi connectivity index (χ4v) is 5.52. The van der Waals surface area contributed by atoms with Crippen LogP contribution < -0.4 is 16.0 Å². The largest absolute Gasteiger partial charge is 0.393 e. The number of hydrogen-bond acceptors (Lipinski definition) is 3. The third-order valence-corrected chi connectivity index (χ3v) is 7.87. The van der Waals surface area contributed by atoms with Crippen LogP contribution in [0.5, 0.6) is 0 Å². The number of aromatic nitrogens is 1. The van der Waals surface area contributed by atoms with Gasteiger partial charge in [0, 0.05) is 17.2 Å². The summed E-state index contributed by atoms with van der Waals surface area (Å²) in [6, 6.07) is 11.2. The van der Waals surface area contributed by atoms with Crippen molar-refractivity contribution in [3.63, 3.8) is 0 Å². The smallest absolute Gasteiger partial charge is 0.116 e. The van der Waals surface area contributed by atoms with Gasteiger partial charge in [-0.2, -0.15) is 0 Å². The Hall–Kier alpha value is -2.43. The van der Waals surface area contributed by atoms with Crippen molar-refractivity contribution in [1.29, 1.82) is 0 Å². The van der Waals surface area contributed by atoms with E-state index in [1.54, 1.807) is 5.56 Å². The minimum Gasteiger partial charge on any atom is -0.393 e. The van der Waals surface area contributed by atoms with E-state index in [0.717, 1.165) is 61.7 Å². The Morgan fingerprint density at radius 3 is 2.16 bits per heavy atom. The number of nitrogens with one attached hydrogen (secondary N) is 1. The summed E-state index contributed by atoms with van der Waals surface area (Å²) in [6.07, 6.45) is 18.2. The number of unbranched alkanes of at least 4 members (excludes halogenated alkanes) is 4. The van der Waals surface area contributed by atoms with Gasteiger partial charge in [0.05, 0.1) is 6.10 Å². The highest BCUT2D eigenvalue weighted by Crippen LogP contribution is 2.25. The van der Waals surface area contributed by atoms with Crippen LogP contribution in [0.4, 0.5) is 0 Å². The van der Waals surface area contributed by atoms with E-state index < -0.39 is 0 Å². The highest BCUT2D eigenvalue weighted by Gasteiger charge is 2.15. The molecule has 250 valence electrons. The first-order valence-electron chi connectivity index (χ1n) is 17.2. The third-order valence-electron chi connectivity index (χ3n) is 7.87. The molecule has 1 aromatic carbocycles. The van der Waals surface area contributed by atoms with Gasteiger partial charge in [0.1, 0.15) is 6.29 Å². The third kappa shape index (κ3) is 20.5. The second-order valence-electron chi connectivity index (χ2n) is 13.5. The Morgan fingerprint density at radius 1 is 1.00 bits per heavy atom. The van der Waals surface area contributed by atoms with Crippen molar-refractivity contribution in [2.75, 3.05) is 13.6 Å². The molecule has 1 aromatic heterocycles. The first-order chi connectivity index (χ1) is 20.9. The molecule has 1 saturated carbocycles. The summed E-state index contributed by atoms with van der Waals surface area (Å²) >= 11 is 0. The maximum Gasteiger partial charge on any atom is 0.116 e. The second-order valence-corrected chi connectivity index (χ2v) is 13.5. The number of rotatable bonds is 13. The normalized spacial score (nSPS) is 15.9. The van der Waals surface area contributed by atoms with Gasteiger partial charge < -0.3 is 19.8 Å². The fraction of sp³-hybridized carbons (Fsp3) is 0.625. The van der Waals surface area contributed by atoms with Crippen LogP contribution in [-0.2, 0) is 30.6 Å². The van der Waals surface area contributed by atoms with Gasteiger partial charge in [-0.3, -0.25) is 0 Å².